The molecule has 0 spiro atoms. The molecule has 0 saturated heterocycles. The molecule has 1 amide bonds. The standard InChI is InChI=1S/C28H18ClN3O5S/c29-21-16-18(32(35)36)14-15-22(21)30-26(33)25(17-8-2-1-3-9-17)37-28(34)20-11-5-4-10-19(20)27-31-23-12-6-7-13-24(23)38-27/h1-16,25H,(H,30,33). The Morgan fingerprint density at radius 1 is 0.947 bits per heavy atom. The fraction of sp³-hybridized carbons (Fsp3) is 0.0357. The number of nitro groups is 1. The number of nitro benzene ring substituents is 1. The third kappa shape index (κ3) is 5.24. The number of non-ortho nitro benzene ring substituents is 1. The molecular weight excluding hydrogens is 526 g/mol. The molecule has 8 nitrogen and oxygen atoms in total. The maximum absolute atomic E-state index is 13.5. The normalized spacial score (nSPS) is 11.6. The monoisotopic (exact) mass is 543 g/mol. The molecular formula is C28H18ClN3O5S. The van der Waals surface area contributed by atoms with Crippen LogP contribution >= 0.6 is 22.9 Å². The maximum Gasteiger partial charge on any atom is 0.339 e. The highest BCUT2D eigenvalue weighted by atomic mass is 35.5. The first-order valence-corrected chi connectivity index (χ1v) is 12.6. The first kappa shape index (κ1) is 25.1. The molecule has 1 atom stereocenters. The molecule has 0 saturated carbocycles. The van der Waals surface area contributed by atoms with Crippen molar-refractivity contribution in [3.63, 3.8) is 0 Å². The summed E-state index contributed by atoms with van der Waals surface area (Å²) in [6.45, 7) is 0. The van der Waals surface area contributed by atoms with Gasteiger partial charge in [0.05, 0.1) is 31.4 Å². The van der Waals surface area contributed by atoms with Crippen molar-refractivity contribution in [2.45, 2.75) is 6.10 Å². The van der Waals surface area contributed by atoms with E-state index in [9.17, 15) is 19.7 Å². The fourth-order valence-corrected chi connectivity index (χ4v) is 5.05. The summed E-state index contributed by atoms with van der Waals surface area (Å²) in [4.78, 5) is 41.9. The second-order valence-corrected chi connectivity index (χ2v) is 9.58. The van der Waals surface area contributed by atoms with Crippen molar-refractivity contribution in [3.8, 4) is 10.6 Å². The summed E-state index contributed by atoms with van der Waals surface area (Å²) < 4.78 is 6.75. The van der Waals surface area contributed by atoms with Crippen LogP contribution in [-0.2, 0) is 9.53 Å². The van der Waals surface area contributed by atoms with Gasteiger partial charge >= 0.3 is 5.97 Å². The van der Waals surface area contributed by atoms with Crippen LogP contribution in [0.15, 0.2) is 97.1 Å². The second kappa shape index (κ2) is 10.8. The number of carbonyl (C=O) groups excluding carboxylic acids is 2. The Balaban J connectivity index is 1.45. The Morgan fingerprint density at radius 3 is 2.39 bits per heavy atom. The molecule has 0 fully saturated rings. The van der Waals surface area contributed by atoms with Gasteiger partial charge in [-0.15, -0.1) is 11.3 Å². The Morgan fingerprint density at radius 2 is 1.66 bits per heavy atom. The number of rotatable bonds is 7. The Bertz CT molecular complexity index is 1640. The molecule has 1 heterocycles. The van der Waals surface area contributed by atoms with E-state index in [1.165, 1.54) is 23.5 Å². The van der Waals surface area contributed by atoms with Crippen LogP contribution in [-0.4, -0.2) is 21.8 Å². The molecule has 5 aromatic rings. The average Bonchev–Trinajstić information content (AvgIpc) is 3.37. The lowest BCUT2D eigenvalue weighted by molar-refractivity contribution is -0.384. The van der Waals surface area contributed by atoms with Gasteiger partial charge in [-0.3, -0.25) is 14.9 Å². The Hall–Kier alpha value is -4.60. The van der Waals surface area contributed by atoms with Crippen LogP contribution in [0.1, 0.15) is 22.0 Å². The molecule has 188 valence electrons. The molecule has 1 N–H and O–H groups in total. The number of halogens is 1. The van der Waals surface area contributed by atoms with Crippen LogP contribution in [0.3, 0.4) is 0 Å². The first-order chi connectivity index (χ1) is 18.4. The number of aromatic nitrogens is 1. The zero-order valence-corrected chi connectivity index (χ0v) is 21.1. The van der Waals surface area contributed by atoms with Crippen molar-refractivity contribution in [2.24, 2.45) is 0 Å². The summed E-state index contributed by atoms with van der Waals surface area (Å²) >= 11 is 7.61. The van der Waals surface area contributed by atoms with E-state index in [2.05, 4.69) is 10.3 Å². The molecule has 0 radical (unpaired) electrons. The lowest BCUT2D eigenvalue weighted by Gasteiger charge is -2.19. The molecule has 10 heteroatoms. The summed E-state index contributed by atoms with van der Waals surface area (Å²) in [6, 6.07) is 26.8. The van der Waals surface area contributed by atoms with Crippen LogP contribution in [0.2, 0.25) is 5.02 Å². The highest BCUT2D eigenvalue weighted by Crippen LogP contribution is 2.34. The zero-order valence-electron chi connectivity index (χ0n) is 19.5. The summed E-state index contributed by atoms with van der Waals surface area (Å²) in [6.07, 6.45) is -1.32. The predicted molar refractivity (Wildman–Crippen MR) is 146 cm³/mol. The van der Waals surface area contributed by atoms with Gasteiger partial charge in [0.25, 0.3) is 11.6 Å². The van der Waals surface area contributed by atoms with Gasteiger partial charge in [-0.25, -0.2) is 9.78 Å². The van der Waals surface area contributed by atoms with E-state index >= 15 is 0 Å². The van der Waals surface area contributed by atoms with Gasteiger partial charge in [0, 0.05) is 23.3 Å². The Kier molecular flexibility index (Phi) is 7.12. The molecule has 0 aliphatic heterocycles. The molecule has 0 bridgehead atoms. The van der Waals surface area contributed by atoms with Gasteiger partial charge in [0.2, 0.25) is 6.10 Å². The van der Waals surface area contributed by atoms with E-state index in [-0.39, 0.29) is 22.0 Å². The average molecular weight is 544 g/mol. The van der Waals surface area contributed by atoms with E-state index in [4.69, 9.17) is 16.3 Å². The number of nitrogens with zero attached hydrogens (tertiary/aromatic N) is 2. The number of hydrogen-bond acceptors (Lipinski definition) is 7. The molecule has 0 aliphatic rings. The van der Waals surface area contributed by atoms with Gasteiger partial charge in [-0.1, -0.05) is 72.3 Å². The Labute approximate surface area is 225 Å². The number of fused-ring (bicyclic) bond motifs is 1. The van der Waals surface area contributed by atoms with Gasteiger partial charge in [-0.05, 0) is 24.3 Å². The number of anilines is 1. The van der Waals surface area contributed by atoms with Crippen molar-refractivity contribution in [1.29, 1.82) is 0 Å². The third-order valence-corrected chi connectivity index (χ3v) is 7.04. The lowest BCUT2D eigenvalue weighted by atomic mass is 10.1. The first-order valence-electron chi connectivity index (χ1n) is 11.4. The molecule has 38 heavy (non-hydrogen) atoms. The van der Waals surface area contributed by atoms with Crippen molar-refractivity contribution in [2.75, 3.05) is 5.32 Å². The number of esters is 1. The minimum absolute atomic E-state index is 0.0214. The van der Waals surface area contributed by atoms with Gasteiger partial charge in [-0.2, -0.15) is 0 Å². The van der Waals surface area contributed by atoms with Crippen molar-refractivity contribution in [1.82, 2.24) is 4.98 Å². The zero-order chi connectivity index (χ0) is 26.6. The molecule has 0 aliphatic carbocycles. The summed E-state index contributed by atoms with van der Waals surface area (Å²) in [5, 5.41) is 14.3. The summed E-state index contributed by atoms with van der Waals surface area (Å²) in [5.41, 5.74) is 2.03. The maximum atomic E-state index is 13.5. The van der Waals surface area contributed by atoms with Crippen molar-refractivity contribution < 1.29 is 19.2 Å². The van der Waals surface area contributed by atoms with Gasteiger partial charge < -0.3 is 10.1 Å². The lowest BCUT2D eigenvalue weighted by Crippen LogP contribution is -2.26. The van der Waals surface area contributed by atoms with E-state index in [1.807, 2.05) is 24.3 Å². The van der Waals surface area contributed by atoms with E-state index in [1.54, 1.807) is 54.6 Å². The van der Waals surface area contributed by atoms with Crippen LogP contribution in [0, 0.1) is 10.1 Å². The number of amides is 1. The van der Waals surface area contributed by atoms with Crippen LogP contribution in [0.5, 0.6) is 0 Å². The quantitative estimate of drug-likeness (QED) is 0.133. The number of carbonyl (C=O) groups is 2. The largest absolute Gasteiger partial charge is 0.444 e. The van der Waals surface area contributed by atoms with Crippen LogP contribution < -0.4 is 5.32 Å². The summed E-state index contributed by atoms with van der Waals surface area (Å²) in [5.74, 6) is -1.38. The van der Waals surface area contributed by atoms with Gasteiger partial charge in [0.1, 0.15) is 5.01 Å². The topological polar surface area (TPSA) is 111 Å². The minimum Gasteiger partial charge on any atom is -0.444 e. The predicted octanol–water partition coefficient (Wildman–Crippen LogP) is 7.06. The number of benzene rings is 4. The number of thiazole rings is 1. The molecule has 1 aromatic heterocycles. The van der Waals surface area contributed by atoms with Crippen molar-refractivity contribution in [3.05, 3.63) is 123 Å². The van der Waals surface area contributed by atoms with Crippen LogP contribution in [0.4, 0.5) is 11.4 Å². The number of nitrogens with one attached hydrogen (secondary N) is 1. The SMILES string of the molecule is O=C(OC(C(=O)Nc1ccc([N+](=O)[O-])cc1Cl)c1ccccc1)c1ccccc1-c1nc2ccccc2s1. The van der Waals surface area contributed by atoms with Crippen LogP contribution in [0.25, 0.3) is 20.8 Å². The number of para-hydroxylation sites is 1. The third-order valence-electron chi connectivity index (χ3n) is 5.66. The highest BCUT2D eigenvalue weighted by molar-refractivity contribution is 7.21. The van der Waals surface area contributed by atoms with E-state index in [0.717, 1.165) is 16.3 Å². The van der Waals surface area contributed by atoms with Gasteiger partial charge in [0.15, 0.2) is 0 Å². The second-order valence-electron chi connectivity index (χ2n) is 8.14. The fourth-order valence-electron chi connectivity index (χ4n) is 3.82. The van der Waals surface area contributed by atoms with E-state index in [0.29, 0.717) is 16.1 Å². The summed E-state index contributed by atoms with van der Waals surface area (Å²) in [7, 11) is 0. The van der Waals surface area contributed by atoms with E-state index < -0.39 is 22.9 Å². The minimum atomic E-state index is -1.32. The number of hydrogen-bond donors (Lipinski definition) is 1. The highest BCUT2D eigenvalue weighted by Gasteiger charge is 2.28. The molecule has 5 rings (SSSR count). The van der Waals surface area contributed by atoms with Crippen molar-refractivity contribution >= 4 is 56.4 Å². The molecule has 1 unspecified atom stereocenters. The number of ether oxygens (including phenoxy) is 1. The molecule has 4 aromatic carbocycles. The smallest absolute Gasteiger partial charge is 0.339 e.